The van der Waals surface area contributed by atoms with Crippen LogP contribution in [0.15, 0.2) is 42.6 Å². The predicted molar refractivity (Wildman–Crippen MR) is 98.7 cm³/mol. The molecule has 0 unspecified atom stereocenters. The molecule has 0 saturated heterocycles. The Bertz CT molecular complexity index is 963. The number of aryl methyl sites for hydroxylation is 2. The molecule has 0 atom stereocenters. The van der Waals surface area contributed by atoms with E-state index >= 15 is 0 Å². The zero-order valence-electron chi connectivity index (χ0n) is 14.3. The molecule has 0 bridgehead atoms. The number of rotatable bonds is 2. The molecule has 0 aliphatic heterocycles. The number of para-hydroxylation sites is 1. The molecule has 4 rings (SSSR count). The van der Waals surface area contributed by atoms with Gasteiger partial charge in [-0.25, -0.2) is 0 Å². The molecule has 132 valence electrons. The maximum atomic E-state index is 12.6. The van der Waals surface area contributed by atoms with Gasteiger partial charge >= 0.3 is 0 Å². The third-order valence-corrected chi connectivity index (χ3v) is 4.82. The van der Waals surface area contributed by atoms with Crippen molar-refractivity contribution in [1.29, 1.82) is 0 Å². The number of amides is 2. The number of hydrogen-bond acceptors (Lipinski definition) is 3. The number of carbonyl (C=O) groups excluding carboxylic acids is 2. The maximum Gasteiger partial charge on any atom is 0.288 e. The molecule has 2 amide bonds. The molecule has 2 heterocycles. The molecular weight excluding hydrogens is 328 g/mol. The van der Waals surface area contributed by atoms with Crippen molar-refractivity contribution >= 4 is 22.7 Å². The Hall–Kier alpha value is -3.15. The number of aromatic amines is 1. The number of aromatic nitrogens is 2. The van der Waals surface area contributed by atoms with Gasteiger partial charge in [0.15, 0.2) is 0 Å². The topological polar surface area (TPSA) is 86.9 Å². The summed E-state index contributed by atoms with van der Waals surface area (Å²) in [6, 6.07) is 10.7. The highest BCUT2D eigenvalue weighted by Crippen LogP contribution is 2.30. The minimum Gasteiger partial charge on any atom is -0.358 e. The first-order valence-electron chi connectivity index (χ1n) is 8.88. The number of carbonyl (C=O) groups is 2. The van der Waals surface area contributed by atoms with Crippen LogP contribution in [0.4, 0.5) is 0 Å². The Labute approximate surface area is 151 Å². The number of hydrogen-bond donors (Lipinski definition) is 3. The quantitative estimate of drug-likeness (QED) is 0.491. The van der Waals surface area contributed by atoms with Gasteiger partial charge in [-0.3, -0.25) is 25.4 Å². The fourth-order valence-electron chi connectivity index (χ4n) is 3.54. The SMILES string of the molecule is O=C(NNC(=O)c1cccc2c3c([nH]c12)CCCCC3)c1ccccn1. The van der Waals surface area contributed by atoms with Gasteiger partial charge in [0.05, 0.1) is 11.1 Å². The second kappa shape index (κ2) is 7.00. The van der Waals surface area contributed by atoms with E-state index < -0.39 is 5.91 Å². The Kier molecular flexibility index (Phi) is 4.39. The number of hydrazine groups is 1. The number of fused-ring (bicyclic) bond motifs is 3. The number of H-pyrrole nitrogens is 1. The van der Waals surface area contributed by atoms with Crippen LogP contribution >= 0.6 is 0 Å². The molecule has 3 aromatic rings. The summed E-state index contributed by atoms with van der Waals surface area (Å²) in [6.07, 6.45) is 7.17. The summed E-state index contributed by atoms with van der Waals surface area (Å²) in [7, 11) is 0. The molecule has 6 nitrogen and oxygen atoms in total. The van der Waals surface area contributed by atoms with E-state index in [9.17, 15) is 9.59 Å². The fraction of sp³-hybridized carbons (Fsp3) is 0.250. The van der Waals surface area contributed by atoms with Crippen LogP contribution in [0.25, 0.3) is 10.9 Å². The minimum absolute atomic E-state index is 0.248. The third-order valence-electron chi connectivity index (χ3n) is 4.82. The molecule has 1 aliphatic rings. The first-order chi connectivity index (χ1) is 12.7. The highest BCUT2D eigenvalue weighted by molar-refractivity contribution is 6.07. The Morgan fingerprint density at radius 1 is 0.923 bits per heavy atom. The lowest BCUT2D eigenvalue weighted by Crippen LogP contribution is -2.42. The van der Waals surface area contributed by atoms with Crippen LogP contribution < -0.4 is 10.9 Å². The maximum absolute atomic E-state index is 12.6. The van der Waals surface area contributed by atoms with E-state index in [1.807, 2.05) is 6.07 Å². The smallest absolute Gasteiger partial charge is 0.288 e. The fourth-order valence-corrected chi connectivity index (χ4v) is 3.54. The molecule has 1 aliphatic carbocycles. The van der Waals surface area contributed by atoms with E-state index in [1.165, 1.54) is 36.7 Å². The average molecular weight is 348 g/mol. The molecule has 3 N–H and O–H groups in total. The minimum atomic E-state index is -0.451. The van der Waals surface area contributed by atoms with Gasteiger partial charge in [0.25, 0.3) is 11.8 Å². The summed E-state index contributed by atoms with van der Waals surface area (Å²) >= 11 is 0. The Balaban J connectivity index is 1.56. The zero-order valence-corrected chi connectivity index (χ0v) is 14.3. The van der Waals surface area contributed by atoms with Gasteiger partial charge < -0.3 is 4.98 Å². The van der Waals surface area contributed by atoms with Gasteiger partial charge in [-0.15, -0.1) is 0 Å². The summed E-state index contributed by atoms with van der Waals surface area (Å²) in [5.41, 5.74) is 9.07. The van der Waals surface area contributed by atoms with Crippen molar-refractivity contribution in [2.24, 2.45) is 0 Å². The van der Waals surface area contributed by atoms with Crippen LogP contribution in [0, 0.1) is 0 Å². The van der Waals surface area contributed by atoms with Crippen molar-refractivity contribution in [3.05, 3.63) is 65.1 Å². The van der Waals surface area contributed by atoms with Crippen molar-refractivity contribution in [2.75, 3.05) is 0 Å². The second-order valence-electron chi connectivity index (χ2n) is 6.49. The highest BCUT2D eigenvalue weighted by Gasteiger charge is 2.19. The summed E-state index contributed by atoms with van der Waals surface area (Å²) in [5, 5.41) is 1.10. The van der Waals surface area contributed by atoms with Crippen LogP contribution in [0.1, 0.15) is 51.4 Å². The molecule has 2 aromatic heterocycles. The van der Waals surface area contributed by atoms with E-state index in [0.717, 1.165) is 23.7 Å². The Morgan fingerprint density at radius 2 is 1.77 bits per heavy atom. The largest absolute Gasteiger partial charge is 0.358 e. The van der Waals surface area contributed by atoms with E-state index in [-0.39, 0.29) is 11.6 Å². The lowest BCUT2D eigenvalue weighted by Gasteiger charge is -2.08. The summed E-state index contributed by atoms with van der Waals surface area (Å²) in [6.45, 7) is 0. The zero-order chi connectivity index (χ0) is 17.9. The summed E-state index contributed by atoms with van der Waals surface area (Å²) < 4.78 is 0. The molecule has 26 heavy (non-hydrogen) atoms. The Morgan fingerprint density at radius 3 is 2.62 bits per heavy atom. The first-order valence-corrected chi connectivity index (χ1v) is 8.88. The molecule has 6 heteroatoms. The van der Waals surface area contributed by atoms with Gasteiger partial charge in [0.1, 0.15) is 5.69 Å². The number of nitrogens with zero attached hydrogens (tertiary/aromatic N) is 1. The van der Waals surface area contributed by atoms with Gasteiger partial charge in [-0.05, 0) is 49.4 Å². The van der Waals surface area contributed by atoms with Gasteiger partial charge in [-0.2, -0.15) is 0 Å². The average Bonchev–Trinajstić information content (AvgIpc) is 2.87. The number of nitrogens with one attached hydrogen (secondary N) is 3. The molecule has 0 spiro atoms. The van der Waals surface area contributed by atoms with E-state index in [0.29, 0.717) is 5.56 Å². The van der Waals surface area contributed by atoms with E-state index in [4.69, 9.17) is 0 Å². The number of benzene rings is 1. The van der Waals surface area contributed by atoms with Gasteiger partial charge in [-0.1, -0.05) is 24.6 Å². The van der Waals surface area contributed by atoms with Gasteiger partial charge in [0, 0.05) is 17.3 Å². The van der Waals surface area contributed by atoms with Crippen LogP contribution in [-0.4, -0.2) is 21.8 Å². The van der Waals surface area contributed by atoms with Crippen LogP contribution in [-0.2, 0) is 12.8 Å². The molecule has 0 saturated carbocycles. The van der Waals surface area contributed by atoms with E-state index in [2.05, 4.69) is 26.9 Å². The first kappa shape index (κ1) is 16.3. The van der Waals surface area contributed by atoms with Crippen LogP contribution in [0.3, 0.4) is 0 Å². The van der Waals surface area contributed by atoms with Crippen molar-refractivity contribution in [1.82, 2.24) is 20.8 Å². The van der Waals surface area contributed by atoms with Crippen LogP contribution in [0.5, 0.6) is 0 Å². The van der Waals surface area contributed by atoms with Crippen molar-refractivity contribution in [3.63, 3.8) is 0 Å². The molecular formula is C20H20N4O2. The monoisotopic (exact) mass is 348 g/mol. The van der Waals surface area contributed by atoms with Gasteiger partial charge in [0.2, 0.25) is 0 Å². The second-order valence-corrected chi connectivity index (χ2v) is 6.49. The summed E-state index contributed by atoms with van der Waals surface area (Å²) in [5.74, 6) is -0.801. The molecule has 0 radical (unpaired) electrons. The lowest BCUT2D eigenvalue weighted by molar-refractivity contribution is 0.0844. The van der Waals surface area contributed by atoms with Crippen molar-refractivity contribution < 1.29 is 9.59 Å². The van der Waals surface area contributed by atoms with Crippen LogP contribution in [0.2, 0.25) is 0 Å². The standard InChI is InChI=1S/C20H20N4O2/c25-19(23-24-20(26)17-11-4-5-12-21-17)15-9-6-8-14-13-7-2-1-3-10-16(13)22-18(14)15/h4-6,8-9,11-12,22H,1-3,7,10H2,(H,23,25)(H,24,26). The predicted octanol–water partition coefficient (Wildman–Crippen LogP) is 2.91. The van der Waals surface area contributed by atoms with Crippen molar-refractivity contribution in [2.45, 2.75) is 32.1 Å². The summed E-state index contributed by atoms with van der Waals surface area (Å²) in [4.78, 5) is 32.1. The lowest BCUT2D eigenvalue weighted by atomic mass is 10.0. The van der Waals surface area contributed by atoms with E-state index in [1.54, 1.807) is 24.3 Å². The third kappa shape index (κ3) is 3.06. The normalized spacial score (nSPS) is 13.7. The highest BCUT2D eigenvalue weighted by atomic mass is 16.2. The van der Waals surface area contributed by atoms with Crippen molar-refractivity contribution in [3.8, 4) is 0 Å². The molecule has 0 fully saturated rings. The number of pyridine rings is 1. The molecule has 1 aromatic carbocycles.